The summed E-state index contributed by atoms with van der Waals surface area (Å²) in [4.78, 5) is 31.1. The molecule has 1 aromatic carbocycles. The number of nitrogens with zero attached hydrogens (tertiary/aromatic N) is 4. The van der Waals surface area contributed by atoms with Crippen LogP contribution in [0.4, 0.5) is 32.2 Å². The molecule has 0 saturated carbocycles. The van der Waals surface area contributed by atoms with Crippen LogP contribution in [0.1, 0.15) is 36.3 Å². The molecule has 3 heterocycles. The minimum atomic E-state index is -4.74. The van der Waals surface area contributed by atoms with Gasteiger partial charge in [0.25, 0.3) is 0 Å². The van der Waals surface area contributed by atoms with Crippen molar-refractivity contribution in [1.29, 1.82) is 0 Å². The minimum Gasteiger partial charge on any atom is -0.335 e. The van der Waals surface area contributed by atoms with Gasteiger partial charge in [-0.25, -0.2) is 18.2 Å². The predicted octanol–water partition coefficient (Wildman–Crippen LogP) is 3.17. The molecule has 0 radical (unpaired) electrons. The molecule has 14 heteroatoms. The van der Waals surface area contributed by atoms with E-state index in [2.05, 4.69) is 4.98 Å². The van der Waals surface area contributed by atoms with Crippen LogP contribution >= 0.6 is 12.4 Å². The summed E-state index contributed by atoms with van der Waals surface area (Å²) in [7, 11) is 0. The summed E-state index contributed by atoms with van der Waals surface area (Å²) in [5, 5.41) is 0. The molecular formula is C21H22ClF6N5O2. The monoisotopic (exact) mass is 525 g/mol. The van der Waals surface area contributed by atoms with Crippen molar-refractivity contribution in [3.63, 3.8) is 0 Å². The van der Waals surface area contributed by atoms with Crippen LogP contribution in [0.5, 0.6) is 0 Å². The summed E-state index contributed by atoms with van der Waals surface area (Å²) in [5.74, 6) is -5.67. The maximum atomic E-state index is 13.9. The summed E-state index contributed by atoms with van der Waals surface area (Å²) < 4.78 is 82.0. The van der Waals surface area contributed by atoms with Crippen molar-refractivity contribution >= 4 is 30.0 Å². The fraction of sp³-hybridized carbons (Fsp3) is 0.476. The van der Waals surface area contributed by atoms with Gasteiger partial charge in [-0.05, 0) is 24.5 Å². The van der Waals surface area contributed by atoms with Gasteiger partial charge in [0.15, 0.2) is 17.5 Å². The molecule has 0 spiro atoms. The molecule has 7 nitrogen and oxygen atoms in total. The lowest BCUT2D eigenvalue weighted by Crippen LogP contribution is -2.42. The van der Waals surface area contributed by atoms with E-state index in [4.69, 9.17) is 5.73 Å². The number of alkyl halides is 3. The standard InChI is InChI=1S/C21H21F6N5O2.ClH/c22-13-9-15(24)14(23)7-11(13)6-12(28)8-18(34)30-4-5-31-16(10-30)19(29-20(31)21(25,26)27)32-3-1-2-17(32)33;/h7,9,12H,1-6,8,10,28H2;1H/t12-;/m1./s1. The van der Waals surface area contributed by atoms with E-state index < -0.39 is 41.4 Å². The lowest BCUT2D eigenvalue weighted by Gasteiger charge is -2.31. The van der Waals surface area contributed by atoms with E-state index in [1.54, 1.807) is 0 Å². The quantitative estimate of drug-likeness (QED) is 0.480. The van der Waals surface area contributed by atoms with Crippen LogP contribution in [0.3, 0.4) is 0 Å². The molecule has 2 aromatic rings. The Morgan fingerprint density at radius 3 is 2.40 bits per heavy atom. The maximum Gasteiger partial charge on any atom is 0.449 e. The zero-order valence-corrected chi connectivity index (χ0v) is 19.1. The molecule has 0 unspecified atom stereocenters. The van der Waals surface area contributed by atoms with Gasteiger partial charge in [-0.1, -0.05) is 0 Å². The Kier molecular flexibility index (Phi) is 7.70. The Bertz CT molecular complexity index is 1140. The number of aromatic nitrogens is 2. The summed E-state index contributed by atoms with van der Waals surface area (Å²) >= 11 is 0. The van der Waals surface area contributed by atoms with Gasteiger partial charge in [0.1, 0.15) is 5.82 Å². The second-order valence-electron chi connectivity index (χ2n) is 8.35. The molecule has 2 amide bonds. The number of amides is 2. The highest BCUT2D eigenvalue weighted by atomic mass is 35.5. The number of hydrogen-bond donors (Lipinski definition) is 1. The minimum absolute atomic E-state index is 0. The van der Waals surface area contributed by atoms with Crippen LogP contribution in [0.2, 0.25) is 0 Å². The normalized spacial score (nSPS) is 16.8. The first-order valence-corrected chi connectivity index (χ1v) is 10.6. The number of rotatable bonds is 5. The maximum absolute atomic E-state index is 13.9. The van der Waals surface area contributed by atoms with Crippen LogP contribution in [0, 0.1) is 17.5 Å². The summed E-state index contributed by atoms with van der Waals surface area (Å²) in [5.41, 5.74) is 5.83. The molecule has 0 bridgehead atoms. The van der Waals surface area contributed by atoms with Crippen molar-refractivity contribution in [2.24, 2.45) is 5.73 Å². The van der Waals surface area contributed by atoms with Crippen molar-refractivity contribution < 1.29 is 35.9 Å². The van der Waals surface area contributed by atoms with Crippen LogP contribution < -0.4 is 10.6 Å². The average Bonchev–Trinajstić information content (AvgIpc) is 3.34. The van der Waals surface area contributed by atoms with Crippen molar-refractivity contribution in [3.05, 3.63) is 46.7 Å². The smallest absolute Gasteiger partial charge is 0.335 e. The Morgan fingerprint density at radius 2 is 1.77 bits per heavy atom. The zero-order valence-electron chi connectivity index (χ0n) is 18.2. The Balaban J connectivity index is 0.00000342. The first-order valence-electron chi connectivity index (χ1n) is 10.6. The van der Waals surface area contributed by atoms with E-state index in [0.717, 1.165) is 4.57 Å². The lowest BCUT2D eigenvalue weighted by atomic mass is 10.0. The van der Waals surface area contributed by atoms with Crippen molar-refractivity contribution in [1.82, 2.24) is 14.5 Å². The van der Waals surface area contributed by atoms with Gasteiger partial charge >= 0.3 is 6.18 Å². The fourth-order valence-corrected chi connectivity index (χ4v) is 4.30. The highest BCUT2D eigenvalue weighted by molar-refractivity contribution is 5.95. The molecule has 35 heavy (non-hydrogen) atoms. The predicted molar refractivity (Wildman–Crippen MR) is 114 cm³/mol. The van der Waals surface area contributed by atoms with Crippen molar-refractivity contribution in [2.45, 2.75) is 51.0 Å². The van der Waals surface area contributed by atoms with Gasteiger partial charge in [0.05, 0.1) is 12.2 Å². The van der Waals surface area contributed by atoms with Crippen LogP contribution in [0.15, 0.2) is 12.1 Å². The van der Waals surface area contributed by atoms with Gasteiger partial charge < -0.3 is 15.2 Å². The molecule has 1 aromatic heterocycles. The molecule has 4 rings (SSSR count). The number of carbonyl (C=O) groups is 2. The zero-order chi connectivity index (χ0) is 24.8. The van der Waals surface area contributed by atoms with E-state index >= 15 is 0 Å². The topological polar surface area (TPSA) is 84.5 Å². The highest BCUT2D eigenvalue weighted by Crippen LogP contribution is 2.36. The summed E-state index contributed by atoms with van der Waals surface area (Å²) in [6, 6.07) is 0.126. The molecule has 192 valence electrons. The molecular weight excluding hydrogens is 504 g/mol. The first-order chi connectivity index (χ1) is 16.0. The van der Waals surface area contributed by atoms with Crippen molar-refractivity contribution in [3.8, 4) is 0 Å². The third-order valence-corrected chi connectivity index (χ3v) is 5.93. The highest BCUT2D eigenvalue weighted by Gasteiger charge is 2.42. The van der Waals surface area contributed by atoms with Gasteiger partial charge in [-0.15, -0.1) is 12.4 Å². The van der Waals surface area contributed by atoms with Crippen LogP contribution in [0.25, 0.3) is 0 Å². The van der Waals surface area contributed by atoms with Gasteiger partial charge in [-0.2, -0.15) is 13.2 Å². The van der Waals surface area contributed by atoms with Crippen molar-refractivity contribution in [2.75, 3.05) is 18.0 Å². The number of fused-ring (bicyclic) bond motifs is 1. The third kappa shape index (κ3) is 5.40. The van der Waals surface area contributed by atoms with Gasteiger partial charge in [0, 0.05) is 44.6 Å². The van der Waals surface area contributed by atoms with E-state index in [9.17, 15) is 35.9 Å². The number of anilines is 1. The fourth-order valence-electron chi connectivity index (χ4n) is 4.30. The Labute approximate surface area is 202 Å². The molecule has 2 aliphatic rings. The molecule has 0 aliphatic carbocycles. The first kappa shape index (κ1) is 26.8. The Hall–Kier alpha value is -2.80. The van der Waals surface area contributed by atoms with Gasteiger partial charge in [-0.3, -0.25) is 14.5 Å². The molecule has 1 fully saturated rings. The second-order valence-corrected chi connectivity index (χ2v) is 8.35. The number of carbonyl (C=O) groups excluding carboxylic acids is 2. The van der Waals surface area contributed by atoms with E-state index in [0.29, 0.717) is 18.6 Å². The van der Waals surface area contributed by atoms with E-state index in [1.807, 2.05) is 0 Å². The number of nitrogens with two attached hydrogens (primary N) is 1. The van der Waals surface area contributed by atoms with Crippen LogP contribution in [-0.4, -0.2) is 45.4 Å². The summed E-state index contributed by atoms with van der Waals surface area (Å²) in [6.07, 6.45) is -4.59. The molecule has 2 N–H and O–H groups in total. The number of hydrogen-bond acceptors (Lipinski definition) is 4. The largest absolute Gasteiger partial charge is 0.449 e. The average molecular weight is 526 g/mol. The van der Waals surface area contributed by atoms with Crippen LogP contribution in [-0.2, 0) is 35.3 Å². The second kappa shape index (κ2) is 10.1. The SMILES string of the molecule is Cl.N[C@@H](CC(=O)N1CCn2c(C(F)(F)F)nc(N3CCCC3=O)c2C1)Cc1cc(F)c(F)cc1F. The van der Waals surface area contributed by atoms with E-state index in [1.165, 1.54) is 9.80 Å². The molecule has 1 atom stereocenters. The number of benzene rings is 1. The number of halogens is 7. The lowest BCUT2D eigenvalue weighted by molar-refractivity contribution is -0.148. The number of imidazole rings is 1. The summed E-state index contributed by atoms with van der Waals surface area (Å²) in [6.45, 7) is -0.213. The van der Waals surface area contributed by atoms with E-state index in [-0.39, 0.29) is 80.8 Å². The third-order valence-electron chi connectivity index (χ3n) is 5.93. The Morgan fingerprint density at radius 1 is 1.09 bits per heavy atom. The molecule has 1 saturated heterocycles. The molecule has 2 aliphatic heterocycles. The van der Waals surface area contributed by atoms with Gasteiger partial charge in [0.2, 0.25) is 17.6 Å².